The fourth-order valence-corrected chi connectivity index (χ4v) is 3.94. The average Bonchev–Trinajstić information content (AvgIpc) is 2.84. The summed E-state index contributed by atoms with van der Waals surface area (Å²) in [6.07, 6.45) is 1.43. The van der Waals surface area contributed by atoms with Crippen LogP contribution in [0.5, 0.6) is 0 Å². The fourth-order valence-electron chi connectivity index (χ4n) is 1.23. The average molecular weight is 302 g/mol. The predicted molar refractivity (Wildman–Crippen MR) is 71.1 cm³/mol. The summed E-state index contributed by atoms with van der Waals surface area (Å²) in [6.45, 7) is 0. The van der Waals surface area contributed by atoms with Crippen LogP contribution in [0.25, 0.3) is 0 Å². The van der Waals surface area contributed by atoms with Crippen molar-refractivity contribution in [2.75, 3.05) is 12.8 Å². The van der Waals surface area contributed by atoms with Gasteiger partial charge in [-0.3, -0.25) is 0 Å². The summed E-state index contributed by atoms with van der Waals surface area (Å²) in [4.78, 5) is 4.72. The first-order valence-electron chi connectivity index (χ1n) is 4.80. The van der Waals surface area contributed by atoms with Crippen molar-refractivity contribution in [1.82, 2.24) is 14.1 Å². The molecule has 0 fully saturated rings. The third kappa shape index (κ3) is 2.80. The molecule has 0 radical (unpaired) electrons. The monoisotopic (exact) mass is 302 g/mol. The third-order valence-electron chi connectivity index (χ3n) is 2.06. The molecule has 2 aromatic rings. The Morgan fingerprint density at radius 1 is 1.44 bits per heavy atom. The molecule has 0 saturated heterocycles. The van der Waals surface area contributed by atoms with E-state index in [1.807, 2.05) is 0 Å². The second kappa shape index (κ2) is 5.22. The number of nitrogens with one attached hydrogen (secondary N) is 1. The highest BCUT2D eigenvalue weighted by atomic mass is 32.2. The van der Waals surface area contributed by atoms with Gasteiger partial charge in [0, 0.05) is 10.6 Å². The lowest BCUT2D eigenvalue weighted by Crippen LogP contribution is -2.19. The number of rotatable bonds is 4. The van der Waals surface area contributed by atoms with Crippen LogP contribution in [0.2, 0.25) is 0 Å². The summed E-state index contributed by atoms with van der Waals surface area (Å²) in [6, 6.07) is 4.73. The minimum atomic E-state index is -3.55. The molecule has 6 nitrogen and oxygen atoms in total. The van der Waals surface area contributed by atoms with Crippen LogP contribution in [0.3, 0.4) is 0 Å². The SMILES string of the molecule is CNS(=O)(=O)c1cc(N)ccc1Sc1ncns1. The van der Waals surface area contributed by atoms with E-state index in [0.717, 1.165) is 0 Å². The second-order valence-electron chi connectivity index (χ2n) is 3.22. The molecule has 0 amide bonds. The van der Waals surface area contributed by atoms with Gasteiger partial charge in [-0.05, 0) is 36.8 Å². The maximum atomic E-state index is 11.9. The molecular weight excluding hydrogens is 292 g/mol. The molecule has 3 N–H and O–H groups in total. The number of aromatic nitrogens is 2. The smallest absolute Gasteiger partial charge is 0.241 e. The van der Waals surface area contributed by atoms with E-state index in [1.54, 1.807) is 12.1 Å². The summed E-state index contributed by atoms with van der Waals surface area (Å²) in [5, 5.41) is 0. The molecule has 96 valence electrons. The topological polar surface area (TPSA) is 98.0 Å². The molecule has 0 aliphatic carbocycles. The summed E-state index contributed by atoms with van der Waals surface area (Å²) in [7, 11) is -2.19. The largest absolute Gasteiger partial charge is 0.399 e. The fraction of sp³-hybridized carbons (Fsp3) is 0.111. The number of benzene rings is 1. The lowest BCUT2D eigenvalue weighted by atomic mass is 10.3. The molecule has 1 heterocycles. The first-order valence-corrected chi connectivity index (χ1v) is 7.88. The van der Waals surface area contributed by atoms with Crippen LogP contribution >= 0.6 is 23.3 Å². The quantitative estimate of drug-likeness (QED) is 0.823. The molecule has 9 heteroatoms. The maximum Gasteiger partial charge on any atom is 0.241 e. The second-order valence-corrected chi connectivity index (χ2v) is 7.15. The van der Waals surface area contributed by atoms with Crippen molar-refractivity contribution < 1.29 is 8.42 Å². The molecule has 0 bridgehead atoms. The lowest BCUT2D eigenvalue weighted by Gasteiger charge is -2.08. The van der Waals surface area contributed by atoms with Gasteiger partial charge >= 0.3 is 0 Å². The van der Waals surface area contributed by atoms with E-state index in [-0.39, 0.29) is 4.90 Å². The number of nitrogens with zero attached hydrogens (tertiary/aromatic N) is 2. The van der Waals surface area contributed by atoms with Crippen LogP contribution in [0.4, 0.5) is 5.69 Å². The Morgan fingerprint density at radius 2 is 2.22 bits per heavy atom. The van der Waals surface area contributed by atoms with Gasteiger partial charge in [0.2, 0.25) is 10.0 Å². The van der Waals surface area contributed by atoms with Crippen molar-refractivity contribution >= 4 is 39.0 Å². The van der Waals surface area contributed by atoms with Crippen molar-refractivity contribution in [1.29, 1.82) is 0 Å². The van der Waals surface area contributed by atoms with E-state index < -0.39 is 10.0 Å². The van der Waals surface area contributed by atoms with Gasteiger partial charge in [-0.1, -0.05) is 11.8 Å². The predicted octanol–water partition coefficient (Wildman–Crippen LogP) is 1.18. The molecule has 0 atom stereocenters. The Kier molecular flexibility index (Phi) is 3.85. The van der Waals surface area contributed by atoms with E-state index in [0.29, 0.717) is 14.9 Å². The summed E-state index contributed by atoms with van der Waals surface area (Å²) < 4.78 is 30.6. The number of nitrogen functional groups attached to an aromatic ring is 1. The number of sulfonamides is 1. The summed E-state index contributed by atoms with van der Waals surface area (Å²) in [5.41, 5.74) is 6.02. The minimum absolute atomic E-state index is 0.144. The molecule has 0 aliphatic rings. The van der Waals surface area contributed by atoms with E-state index in [9.17, 15) is 8.42 Å². The van der Waals surface area contributed by atoms with Gasteiger partial charge in [-0.25, -0.2) is 18.1 Å². The van der Waals surface area contributed by atoms with Crippen molar-refractivity contribution in [3.63, 3.8) is 0 Å². The summed E-state index contributed by atoms with van der Waals surface area (Å²) >= 11 is 2.45. The highest BCUT2D eigenvalue weighted by Crippen LogP contribution is 2.34. The Labute approximate surface area is 113 Å². The van der Waals surface area contributed by atoms with Gasteiger partial charge in [0.25, 0.3) is 0 Å². The molecule has 1 aromatic carbocycles. The number of hydrogen-bond donors (Lipinski definition) is 2. The molecular formula is C9H10N4O2S3. The highest BCUT2D eigenvalue weighted by molar-refractivity contribution is 8.01. The first kappa shape index (κ1) is 13.3. The van der Waals surface area contributed by atoms with Crippen LogP contribution in [0.15, 0.2) is 38.7 Å². The lowest BCUT2D eigenvalue weighted by molar-refractivity contribution is 0.586. The van der Waals surface area contributed by atoms with Crippen LogP contribution < -0.4 is 10.5 Å². The van der Waals surface area contributed by atoms with Crippen molar-refractivity contribution in [2.24, 2.45) is 0 Å². The Morgan fingerprint density at radius 3 is 2.83 bits per heavy atom. The standard InChI is InChI=1S/C9H10N4O2S3/c1-11-18(14,15)8-4-6(10)2-3-7(8)16-9-12-5-13-17-9/h2-5,11H,10H2,1H3. The van der Waals surface area contributed by atoms with Crippen LogP contribution in [0.1, 0.15) is 0 Å². The Bertz CT molecular complexity index is 640. The number of anilines is 1. The van der Waals surface area contributed by atoms with E-state index in [2.05, 4.69) is 14.1 Å². The zero-order chi connectivity index (χ0) is 13.2. The molecule has 1 aromatic heterocycles. The Hall–Kier alpha value is -1.16. The molecule has 0 unspecified atom stereocenters. The third-order valence-corrected chi connectivity index (χ3v) is 5.44. The molecule has 2 rings (SSSR count). The summed E-state index contributed by atoms with van der Waals surface area (Å²) in [5.74, 6) is 0. The first-order chi connectivity index (χ1) is 8.53. The maximum absolute atomic E-state index is 11.9. The van der Waals surface area contributed by atoms with Gasteiger partial charge in [0.1, 0.15) is 6.33 Å². The zero-order valence-corrected chi connectivity index (χ0v) is 11.8. The molecule has 0 aliphatic heterocycles. The minimum Gasteiger partial charge on any atom is -0.399 e. The van der Waals surface area contributed by atoms with Crippen LogP contribution in [-0.2, 0) is 10.0 Å². The highest BCUT2D eigenvalue weighted by Gasteiger charge is 2.18. The van der Waals surface area contributed by atoms with Crippen molar-refractivity contribution in [3.05, 3.63) is 24.5 Å². The normalized spacial score (nSPS) is 11.6. The van der Waals surface area contributed by atoms with Gasteiger partial charge in [0.05, 0.1) is 4.90 Å². The van der Waals surface area contributed by atoms with Crippen molar-refractivity contribution in [3.8, 4) is 0 Å². The van der Waals surface area contributed by atoms with E-state index in [1.165, 1.54) is 42.7 Å². The van der Waals surface area contributed by atoms with Crippen LogP contribution in [0, 0.1) is 0 Å². The zero-order valence-electron chi connectivity index (χ0n) is 9.32. The molecule has 18 heavy (non-hydrogen) atoms. The Balaban J connectivity index is 2.47. The number of nitrogens with two attached hydrogens (primary N) is 1. The molecule has 0 saturated carbocycles. The van der Waals surface area contributed by atoms with Gasteiger partial charge < -0.3 is 5.73 Å². The van der Waals surface area contributed by atoms with Gasteiger partial charge in [-0.2, -0.15) is 4.37 Å². The van der Waals surface area contributed by atoms with Crippen molar-refractivity contribution in [2.45, 2.75) is 14.1 Å². The van der Waals surface area contributed by atoms with E-state index in [4.69, 9.17) is 5.73 Å². The van der Waals surface area contributed by atoms with E-state index >= 15 is 0 Å². The number of hydrogen-bond acceptors (Lipinski definition) is 7. The van der Waals surface area contributed by atoms with Gasteiger partial charge in [-0.15, -0.1) is 0 Å². The van der Waals surface area contributed by atoms with Crippen LogP contribution in [-0.4, -0.2) is 24.8 Å². The van der Waals surface area contributed by atoms with Gasteiger partial charge in [0.15, 0.2) is 4.34 Å². The molecule has 0 spiro atoms.